The van der Waals surface area contributed by atoms with Crippen molar-refractivity contribution in [2.45, 2.75) is 4.90 Å². The second-order valence-electron chi connectivity index (χ2n) is 1.87. The summed E-state index contributed by atoms with van der Waals surface area (Å²) in [5.74, 6) is -3.37. The highest BCUT2D eigenvalue weighted by molar-refractivity contribution is 8.21. The molecular formula is C6HCl2F3S. The second kappa shape index (κ2) is 3.77. The van der Waals surface area contributed by atoms with Crippen molar-refractivity contribution < 1.29 is 13.2 Å². The van der Waals surface area contributed by atoms with Crippen LogP contribution in [0, 0.1) is 17.5 Å². The van der Waals surface area contributed by atoms with E-state index in [1.165, 1.54) is 0 Å². The fraction of sp³-hybridized carbons (Fsp3) is 0. The van der Waals surface area contributed by atoms with Gasteiger partial charge in [-0.2, -0.15) is 0 Å². The van der Waals surface area contributed by atoms with E-state index < -0.39 is 27.4 Å². The largest absolute Gasteiger partial charge is 0.205 e. The maximum Gasteiger partial charge on any atom is 0.162 e. The molecule has 0 atom stereocenters. The molecule has 0 aliphatic carbocycles. The molecule has 0 radical (unpaired) electrons. The molecule has 1 rings (SSSR count). The van der Waals surface area contributed by atoms with Crippen LogP contribution in [0.2, 0.25) is 5.02 Å². The SMILES string of the molecule is Fc1cc(F)c(SCl)c(F)c1Cl. The molecule has 0 bridgehead atoms. The average Bonchev–Trinajstić information content (AvgIpc) is 2.01. The Morgan fingerprint density at radius 2 is 1.75 bits per heavy atom. The zero-order valence-electron chi connectivity index (χ0n) is 5.38. The Balaban J connectivity index is 3.40. The van der Waals surface area contributed by atoms with Crippen LogP contribution in [0.4, 0.5) is 13.2 Å². The molecule has 0 unspecified atom stereocenters. The molecular weight excluding hydrogens is 232 g/mol. The number of rotatable bonds is 1. The van der Waals surface area contributed by atoms with Gasteiger partial charge in [-0.05, 0) is 21.7 Å². The second-order valence-corrected chi connectivity index (χ2v) is 3.28. The molecule has 0 heterocycles. The minimum Gasteiger partial charge on any atom is -0.205 e. The Labute approximate surface area is 80.2 Å². The minimum absolute atomic E-state index is 0.316. The van der Waals surface area contributed by atoms with Gasteiger partial charge in [0, 0.05) is 6.07 Å². The zero-order chi connectivity index (χ0) is 9.30. The highest BCUT2D eigenvalue weighted by Crippen LogP contribution is 2.33. The van der Waals surface area contributed by atoms with E-state index in [-0.39, 0.29) is 0 Å². The molecule has 6 heteroatoms. The van der Waals surface area contributed by atoms with Gasteiger partial charge in [0.05, 0.1) is 4.90 Å². The lowest BCUT2D eigenvalue weighted by Crippen LogP contribution is -1.91. The van der Waals surface area contributed by atoms with Crippen LogP contribution >= 0.6 is 33.3 Å². The normalized spacial score (nSPS) is 10.4. The van der Waals surface area contributed by atoms with Gasteiger partial charge in [0.1, 0.15) is 16.7 Å². The summed E-state index contributed by atoms with van der Waals surface area (Å²) in [6, 6.07) is 0.482. The minimum atomic E-state index is -1.17. The van der Waals surface area contributed by atoms with E-state index in [4.69, 9.17) is 22.3 Å². The van der Waals surface area contributed by atoms with Gasteiger partial charge in [-0.3, -0.25) is 0 Å². The quantitative estimate of drug-likeness (QED) is 0.521. The summed E-state index contributed by atoms with van der Waals surface area (Å²) in [7, 11) is 5.43. The summed E-state index contributed by atoms with van der Waals surface area (Å²) in [6.45, 7) is 0. The first kappa shape index (κ1) is 10.0. The summed E-state index contributed by atoms with van der Waals surface area (Å²) >= 11 is 5.14. The zero-order valence-corrected chi connectivity index (χ0v) is 7.70. The molecule has 1 aromatic rings. The number of benzene rings is 1. The van der Waals surface area contributed by atoms with Crippen LogP contribution in [0.5, 0.6) is 0 Å². The molecule has 0 aliphatic heterocycles. The fourth-order valence-electron chi connectivity index (χ4n) is 0.620. The number of hydrogen-bond donors (Lipinski definition) is 0. The summed E-state index contributed by atoms with van der Waals surface area (Å²) in [6.07, 6.45) is 0. The van der Waals surface area contributed by atoms with Gasteiger partial charge in [0.15, 0.2) is 5.82 Å². The van der Waals surface area contributed by atoms with Crippen molar-refractivity contribution in [1.29, 1.82) is 0 Å². The first-order chi connectivity index (χ1) is 5.57. The van der Waals surface area contributed by atoms with Gasteiger partial charge < -0.3 is 0 Å². The Bertz CT molecular complexity index is 316. The molecule has 0 amide bonds. The summed E-state index contributed by atoms with van der Waals surface area (Å²) in [5.41, 5.74) is 0. The Kier molecular flexibility index (Phi) is 3.15. The molecule has 0 spiro atoms. The van der Waals surface area contributed by atoms with Crippen LogP contribution in [0.25, 0.3) is 0 Å². The van der Waals surface area contributed by atoms with E-state index in [2.05, 4.69) is 0 Å². The third-order valence-corrected chi connectivity index (χ3v) is 2.49. The molecule has 12 heavy (non-hydrogen) atoms. The smallest absolute Gasteiger partial charge is 0.162 e. The monoisotopic (exact) mass is 232 g/mol. The summed E-state index contributed by atoms with van der Waals surface area (Å²) < 4.78 is 37.9. The lowest BCUT2D eigenvalue weighted by atomic mass is 10.3. The maximum absolute atomic E-state index is 12.8. The number of hydrogen-bond acceptors (Lipinski definition) is 1. The van der Waals surface area contributed by atoms with E-state index in [0.717, 1.165) is 0 Å². The molecule has 0 N–H and O–H groups in total. The van der Waals surface area contributed by atoms with Gasteiger partial charge in [0.2, 0.25) is 0 Å². The van der Waals surface area contributed by atoms with Crippen molar-refractivity contribution in [2.24, 2.45) is 0 Å². The van der Waals surface area contributed by atoms with E-state index >= 15 is 0 Å². The van der Waals surface area contributed by atoms with Crippen molar-refractivity contribution >= 4 is 33.3 Å². The molecule has 0 nitrogen and oxygen atoms in total. The average molecular weight is 233 g/mol. The van der Waals surface area contributed by atoms with Crippen molar-refractivity contribution in [3.63, 3.8) is 0 Å². The van der Waals surface area contributed by atoms with Crippen LogP contribution < -0.4 is 0 Å². The molecule has 0 fully saturated rings. The van der Waals surface area contributed by atoms with Crippen LogP contribution in [-0.2, 0) is 0 Å². The lowest BCUT2D eigenvalue weighted by Gasteiger charge is -2.01. The molecule has 1 aromatic carbocycles. The fourth-order valence-corrected chi connectivity index (χ4v) is 1.55. The standard InChI is InChI=1S/C6HCl2F3S/c7-4-2(9)1-3(10)6(12-8)5(4)11/h1H. The molecule has 0 aromatic heterocycles. The third kappa shape index (κ3) is 1.65. The van der Waals surface area contributed by atoms with Crippen LogP contribution in [0.15, 0.2) is 11.0 Å². The Morgan fingerprint density at radius 1 is 1.17 bits per heavy atom. The lowest BCUT2D eigenvalue weighted by molar-refractivity contribution is 0.512. The van der Waals surface area contributed by atoms with E-state index in [1.54, 1.807) is 0 Å². The topological polar surface area (TPSA) is 0 Å². The molecule has 0 saturated heterocycles. The van der Waals surface area contributed by atoms with Gasteiger partial charge in [0.25, 0.3) is 0 Å². The van der Waals surface area contributed by atoms with Gasteiger partial charge in [-0.15, -0.1) is 0 Å². The van der Waals surface area contributed by atoms with E-state index in [9.17, 15) is 13.2 Å². The van der Waals surface area contributed by atoms with Crippen molar-refractivity contribution in [1.82, 2.24) is 0 Å². The molecule has 66 valence electrons. The maximum atomic E-state index is 12.8. The van der Waals surface area contributed by atoms with Crippen molar-refractivity contribution in [2.75, 3.05) is 0 Å². The van der Waals surface area contributed by atoms with Crippen LogP contribution in [-0.4, -0.2) is 0 Å². The third-order valence-electron chi connectivity index (χ3n) is 1.15. The molecule has 0 saturated carbocycles. The Morgan fingerprint density at radius 3 is 2.25 bits per heavy atom. The van der Waals surface area contributed by atoms with E-state index in [0.29, 0.717) is 17.0 Å². The Hall–Kier alpha value is -0.0600. The van der Waals surface area contributed by atoms with Gasteiger partial charge in [-0.25, -0.2) is 13.2 Å². The molecule has 0 aliphatic rings. The highest BCUT2D eigenvalue weighted by atomic mass is 35.7. The first-order valence-corrected chi connectivity index (χ1v) is 4.71. The highest BCUT2D eigenvalue weighted by Gasteiger charge is 2.17. The van der Waals surface area contributed by atoms with Crippen LogP contribution in [0.1, 0.15) is 0 Å². The summed E-state index contributed by atoms with van der Waals surface area (Å²) in [4.78, 5) is -0.497. The summed E-state index contributed by atoms with van der Waals surface area (Å²) in [5, 5.41) is -0.750. The van der Waals surface area contributed by atoms with Crippen molar-refractivity contribution in [3.8, 4) is 0 Å². The first-order valence-electron chi connectivity index (χ1n) is 2.69. The van der Waals surface area contributed by atoms with Gasteiger partial charge >= 0.3 is 0 Å². The number of halogens is 5. The van der Waals surface area contributed by atoms with Gasteiger partial charge in [-0.1, -0.05) is 11.6 Å². The predicted octanol–water partition coefficient (Wildman–Crippen LogP) is 4.00. The van der Waals surface area contributed by atoms with Crippen LogP contribution in [0.3, 0.4) is 0 Å². The van der Waals surface area contributed by atoms with E-state index in [1.807, 2.05) is 0 Å². The predicted molar refractivity (Wildman–Crippen MR) is 43.0 cm³/mol. The van der Waals surface area contributed by atoms with Crippen molar-refractivity contribution in [3.05, 3.63) is 28.5 Å².